The number of carbonyl (C=O) groups excluding carboxylic acids is 2. The number of carbonyl (C=O) groups is 2. The van der Waals surface area contributed by atoms with Gasteiger partial charge < -0.3 is 10.1 Å². The summed E-state index contributed by atoms with van der Waals surface area (Å²) in [5.74, 6) is -0.740. The van der Waals surface area contributed by atoms with Crippen LogP contribution in [0.2, 0.25) is 0 Å². The highest BCUT2D eigenvalue weighted by atomic mass is 16.5. The topological polar surface area (TPSA) is 81.2 Å². The zero-order chi connectivity index (χ0) is 16.8. The zero-order valence-corrected chi connectivity index (χ0v) is 13.4. The molecule has 0 radical (unpaired) electrons. The lowest BCUT2D eigenvalue weighted by Gasteiger charge is -2.10. The maximum atomic E-state index is 12.1. The number of benzene rings is 1. The first-order valence-corrected chi connectivity index (χ1v) is 7.28. The number of nitrogens with zero attached hydrogens (tertiary/aromatic N) is 2. The van der Waals surface area contributed by atoms with E-state index in [1.165, 1.54) is 18.6 Å². The van der Waals surface area contributed by atoms with Crippen molar-refractivity contribution in [3.63, 3.8) is 0 Å². The number of aromatic nitrogens is 2. The first-order valence-electron chi connectivity index (χ1n) is 7.28. The quantitative estimate of drug-likeness (QED) is 0.674. The fraction of sp³-hybridized carbons (Fsp3) is 0.294. The van der Waals surface area contributed by atoms with Crippen molar-refractivity contribution in [3.8, 4) is 0 Å². The maximum Gasteiger partial charge on any atom is 0.338 e. The Kier molecular flexibility index (Phi) is 5.41. The second-order valence-electron chi connectivity index (χ2n) is 5.23. The minimum Gasteiger partial charge on any atom is -0.460 e. The predicted octanol–water partition coefficient (Wildman–Crippen LogP) is 1.99. The summed E-state index contributed by atoms with van der Waals surface area (Å²) < 4.78 is 5.20. The summed E-state index contributed by atoms with van der Waals surface area (Å²) in [5, 5.41) is 2.62. The van der Waals surface area contributed by atoms with E-state index in [4.69, 9.17) is 4.74 Å². The third-order valence-electron chi connectivity index (χ3n) is 3.48. The summed E-state index contributed by atoms with van der Waals surface area (Å²) in [4.78, 5) is 31.5. The number of nitrogens with one attached hydrogen (secondary N) is 1. The van der Waals surface area contributed by atoms with Crippen molar-refractivity contribution in [2.75, 3.05) is 13.2 Å². The van der Waals surface area contributed by atoms with Crippen LogP contribution in [0.1, 0.15) is 37.5 Å². The van der Waals surface area contributed by atoms with Crippen LogP contribution in [0.15, 0.2) is 30.7 Å². The summed E-state index contributed by atoms with van der Waals surface area (Å²) in [6, 6.07) is 3.78. The van der Waals surface area contributed by atoms with Crippen LogP contribution < -0.4 is 5.32 Å². The van der Waals surface area contributed by atoms with Gasteiger partial charge in [0.1, 0.15) is 12.3 Å². The van der Waals surface area contributed by atoms with Crippen LogP contribution in [0.3, 0.4) is 0 Å². The van der Waals surface area contributed by atoms with Crippen molar-refractivity contribution in [2.24, 2.45) is 0 Å². The van der Waals surface area contributed by atoms with Gasteiger partial charge in [-0.1, -0.05) is 6.07 Å². The van der Waals surface area contributed by atoms with Gasteiger partial charge >= 0.3 is 5.97 Å². The molecule has 0 saturated heterocycles. The van der Waals surface area contributed by atoms with E-state index >= 15 is 0 Å². The second-order valence-corrected chi connectivity index (χ2v) is 5.23. The van der Waals surface area contributed by atoms with E-state index < -0.39 is 0 Å². The number of hydrogen-bond donors (Lipinski definition) is 1. The van der Waals surface area contributed by atoms with Crippen LogP contribution in [0, 0.1) is 20.8 Å². The van der Waals surface area contributed by atoms with E-state index in [2.05, 4.69) is 15.3 Å². The van der Waals surface area contributed by atoms with Crippen LogP contribution in [0.4, 0.5) is 0 Å². The molecule has 0 unspecified atom stereocenters. The molecule has 6 nitrogen and oxygen atoms in total. The molecule has 0 aliphatic heterocycles. The van der Waals surface area contributed by atoms with E-state index in [-0.39, 0.29) is 30.7 Å². The number of ether oxygens (including phenoxy) is 1. The smallest absolute Gasteiger partial charge is 0.338 e. The molecule has 2 rings (SSSR count). The Labute approximate surface area is 134 Å². The molecule has 1 aromatic heterocycles. The molecule has 0 saturated carbocycles. The molecule has 0 atom stereocenters. The Morgan fingerprint density at radius 2 is 1.83 bits per heavy atom. The van der Waals surface area contributed by atoms with Gasteiger partial charge in [0, 0.05) is 12.4 Å². The minimum atomic E-state index is -0.389. The number of rotatable bonds is 5. The molecule has 0 bridgehead atoms. The molecular formula is C17H19N3O3. The van der Waals surface area contributed by atoms with Crippen molar-refractivity contribution in [1.82, 2.24) is 15.3 Å². The van der Waals surface area contributed by atoms with Crippen molar-refractivity contribution >= 4 is 11.9 Å². The van der Waals surface area contributed by atoms with E-state index in [0.717, 1.165) is 16.7 Å². The molecule has 1 amide bonds. The molecule has 120 valence electrons. The Balaban J connectivity index is 1.84. The summed E-state index contributed by atoms with van der Waals surface area (Å²) in [7, 11) is 0. The molecule has 1 aromatic carbocycles. The Morgan fingerprint density at radius 1 is 1.09 bits per heavy atom. The minimum absolute atomic E-state index is 0.0944. The second kappa shape index (κ2) is 7.49. The normalized spacial score (nSPS) is 10.2. The van der Waals surface area contributed by atoms with E-state index in [1.807, 2.05) is 32.9 Å². The third kappa shape index (κ3) is 4.35. The van der Waals surface area contributed by atoms with Crippen LogP contribution in [-0.4, -0.2) is 35.0 Å². The first-order chi connectivity index (χ1) is 11.0. The molecule has 23 heavy (non-hydrogen) atoms. The van der Waals surface area contributed by atoms with Gasteiger partial charge in [0.2, 0.25) is 0 Å². The lowest BCUT2D eigenvalue weighted by Crippen LogP contribution is -2.28. The van der Waals surface area contributed by atoms with E-state index in [0.29, 0.717) is 5.56 Å². The number of hydrogen-bond acceptors (Lipinski definition) is 5. The molecule has 0 spiro atoms. The highest BCUT2D eigenvalue weighted by molar-refractivity contribution is 5.92. The van der Waals surface area contributed by atoms with Crippen LogP contribution in [-0.2, 0) is 4.74 Å². The van der Waals surface area contributed by atoms with Crippen LogP contribution >= 0.6 is 0 Å². The lowest BCUT2D eigenvalue weighted by atomic mass is 10.0. The average Bonchev–Trinajstić information content (AvgIpc) is 2.55. The molecular weight excluding hydrogens is 294 g/mol. The van der Waals surface area contributed by atoms with Gasteiger partial charge in [0.25, 0.3) is 5.91 Å². The molecule has 0 aliphatic carbocycles. The molecule has 6 heteroatoms. The van der Waals surface area contributed by atoms with Crippen molar-refractivity contribution in [2.45, 2.75) is 20.8 Å². The van der Waals surface area contributed by atoms with Crippen molar-refractivity contribution in [1.29, 1.82) is 0 Å². The highest BCUT2D eigenvalue weighted by Crippen LogP contribution is 2.16. The molecule has 0 aliphatic rings. The Bertz CT molecular complexity index is 715. The van der Waals surface area contributed by atoms with E-state index in [1.54, 1.807) is 0 Å². The van der Waals surface area contributed by atoms with Crippen LogP contribution in [0.25, 0.3) is 0 Å². The summed E-state index contributed by atoms with van der Waals surface area (Å²) >= 11 is 0. The Morgan fingerprint density at radius 3 is 2.52 bits per heavy atom. The van der Waals surface area contributed by atoms with Gasteiger partial charge in [0.05, 0.1) is 18.3 Å². The SMILES string of the molecule is Cc1cc(C)c(C(=O)OCCNC(=O)c2cnccn2)cc1C. The first kappa shape index (κ1) is 16.6. The highest BCUT2D eigenvalue weighted by Gasteiger charge is 2.12. The van der Waals surface area contributed by atoms with Crippen molar-refractivity contribution < 1.29 is 14.3 Å². The maximum absolute atomic E-state index is 12.1. The van der Waals surface area contributed by atoms with E-state index in [9.17, 15) is 9.59 Å². The van der Waals surface area contributed by atoms with Gasteiger partial charge in [-0.25, -0.2) is 9.78 Å². The van der Waals surface area contributed by atoms with Gasteiger partial charge in [-0.15, -0.1) is 0 Å². The molecule has 1 N–H and O–H groups in total. The summed E-state index contributed by atoms with van der Waals surface area (Å²) in [5.41, 5.74) is 3.83. The largest absolute Gasteiger partial charge is 0.460 e. The van der Waals surface area contributed by atoms with Gasteiger partial charge in [-0.05, 0) is 43.5 Å². The summed E-state index contributed by atoms with van der Waals surface area (Å²) in [6.45, 7) is 6.13. The predicted molar refractivity (Wildman–Crippen MR) is 85.3 cm³/mol. The average molecular weight is 313 g/mol. The third-order valence-corrected chi connectivity index (χ3v) is 3.48. The fourth-order valence-corrected chi connectivity index (χ4v) is 2.07. The summed E-state index contributed by atoms with van der Waals surface area (Å²) in [6.07, 6.45) is 4.31. The zero-order valence-electron chi connectivity index (χ0n) is 13.4. The monoisotopic (exact) mass is 313 g/mol. The van der Waals surface area contributed by atoms with Crippen LogP contribution in [0.5, 0.6) is 0 Å². The Hall–Kier alpha value is -2.76. The number of aryl methyl sites for hydroxylation is 3. The van der Waals surface area contributed by atoms with Gasteiger partial charge in [-0.2, -0.15) is 0 Å². The number of amides is 1. The lowest BCUT2D eigenvalue weighted by molar-refractivity contribution is 0.0502. The fourth-order valence-electron chi connectivity index (χ4n) is 2.07. The molecule has 0 fully saturated rings. The standard InChI is InChI=1S/C17H19N3O3/c1-11-8-13(3)14(9-12(11)2)17(22)23-7-6-20-16(21)15-10-18-4-5-19-15/h4-5,8-10H,6-7H2,1-3H3,(H,20,21). The van der Waals surface area contributed by atoms with Gasteiger partial charge in [-0.3, -0.25) is 9.78 Å². The number of esters is 1. The van der Waals surface area contributed by atoms with Gasteiger partial charge in [0.15, 0.2) is 0 Å². The molecule has 2 aromatic rings. The molecule has 1 heterocycles. The van der Waals surface area contributed by atoms with Crippen molar-refractivity contribution in [3.05, 3.63) is 58.7 Å².